The monoisotopic (exact) mass is 190 g/mol. The minimum atomic E-state index is -0.230. The molecule has 2 rings (SSSR count). The quantitative estimate of drug-likeness (QED) is 0.665. The second-order valence-electron chi connectivity index (χ2n) is 3.56. The zero-order valence-electron chi connectivity index (χ0n) is 7.74. The Morgan fingerprint density at radius 2 is 1.93 bits per heavy atom. The number of allylic oxidation sites excluding steroid dienone is 2. The number of hydrogen-bond acceptors (Lipinski definition) is 1. The van der Waals surface area contributed by atoms with Crippen molar-refractivity contribution in [1.82, 2.24) is 0 Å². The molecular weight excluding hydrogens is 179 g/mol. The third-order valence-corrected chi connectivity index (χ3v) is 2.51. The van der Waals surface area contributed by atoms with Crippen LogP contribution in [0.25, 0.3) is 0 Å². The van der Waals surface area contributed by atoms with E-state index in [-0.39, 0.29) is 17.5 Å². The topological polar surface area (TPSA) is 17.1 Å². The van der Waals surface area contributed by atoms with E-state index in [1.54, 1.807) is 18.2 Å². The molecule has 0 N–H and O–H groups in total. The maximum Gasteiger partial charge on any atom is 0.155 e. The summed E-state index contributed by atoms with van der Waals surface area (Å²) >= 11 is 0. The van der Waals surface area contributed by atoms with Gasteiger partial charge in [0.2, 0.25) is 0 Å². The lowest BCUT2D eigenvalue weighted by molar-refractivity contribution is -0.115. The number of halogens is 1. The van der Waals surface area contributed by atoms with Crippen LogP contribution in [0.3, 0.4) is 0 Å². The highest BCUT2D eigenvalue weighted by Crippen LogP contribution is 2.27. The molecule has 1 nitrogen and oxygen atoms in total. The smallest absolute Gasteiger partial charge is 0.155 e. The molecule has 0 amide bonds. The number of ketones is 1. The molecule has 1 aromatic rings. The Labute approximate surface area is 82.3 Å². The summed E-state index contributed by atoms with van der Waals surface area (Å²) in [5.74, 6) is 0.158. The summed E-state index contributed by atoms with van der Waals surface area (Å²) in [5.41, 5.74) is 1.05. The van der Waals surface area contributed by atoms with Gasteiger partial charge >= 0.3 is 0 Å². The van der Waals surface area contributed by atoms with Gasteiger partial charge in [-0.3, -0.25) is 4.79 Å². The van der Waals surface area contributed by atoms with Crippen LogP contribution in [-0.4, -0.2) is 5.78 Å². The molecule has 2 heteroatoms. The summed E-state index contributed by atoms with van der Waals surface area (Å²) in [7, 11) is 0. The van der Waals surface area contributed by atoms with E-state index in [1.165, 1.54) is 12.1 Å². The minimum absolute atomic E-state index is 0.158. The molecule has 72 valence electrons. The van der Waals surface area contributed by atoms with Crippen molar-refractivity contribution < 1.29 is 9.18 Å². The molecule has 0 aliphatic heterocycles. The molecule has 1 atom stereocenters. The van der Waals surface area contributed by atoms with E-state index >= 15 is 0 Å². The van der Waals surface area contributed by atoms with Gasteiger partial charge in [-0.15, -0.1) is 0 Å². The molecule has 0 bridgehead atoms. The first-order valence-electron chi connectivity index (χ1n) is 4.70. The first-order valence-corrected chi connectivity index (χ1v) is 4.70. The van der Waals surface area contributed by atoms with Gasteiger partial charge in [-0.1, -0.05) is 18.2 Å². The van der Waals surface area contributed by atoms with Crippen LogP contribution in [0.2, 0.25) is 0 Å². The van der Waals surface area contributed by atoms with Crippen molar-refractivity contribution in [3.05, 3.63) is 47.8 Å². The zero-order valence-corrected chi connectivity index (χ0v) is 7.74. The molecule has 0 aromatic heterocycles. The molecule has 0 saturated carbocycles. The van der Waals surface area contributed by atoms with E-state index in [0.29, 0.717) is 6.42 Å². The molecule has 0 unspecified atom stereocenters. The highest BCUT2D eigenvalue weighted by Gasteiger charge is 2.16. The predicted molar refractivity (Wildman–Crippen MR) is 52.5 cm³/mol. The third kappa shape index (κ3) is 1.90. The van der Waals surface area contributed by atoms with Gasteiger partial charge in [-0.25, -0.2) is 4.39 Å². The Morgan fingerprint density at radius 1 is 1.21 bits per heavy atom. The lowest BCUT2D eigenvalue weighted by atomic mass is 9.87. The number of carbonyl (C=O) groups is 1. The SMILES string of the molecule is O=C1C=CC[C@@H](c2ccc(F)cc2)C1. The van der Waals surface area contributed by atoms with Crippen molar-refractivity contribution >= 4 is 5.78 Å². The van der Waals surface area contributed by atoms with Gasteiger partial charge in [0.05, 0.1) is 0 Å². The average molecular weight is 190 g/mol. The maximum atomic E-state index is 12.6. The molecule has 0 spiro atoms. The van der Waals surface area contributed by atoms with Gasteiger partial charge in [-0.2, -0.15) is 0 Å². The largest absolute Gasteiger partial charge is 0.295 e. The summed E-state index contributed by atoms with van der Waals surface area (Å²) in [6.45, 7) is 0. The minimum Gasteiger partial charge on any atom is -0.295 e. The van der Waals surface area contributed by atoms with Gasteiger partial charge in [-0.05, 0) is 36.1 Å². The molecule has 1 aliphatic rings. The first kappa shape index (κ1) is 9.13. The van der Waals surface area contributed by atoms with E-state index in [1.807, 2.05) is 6.08 Å². The molecular formula is C12H11FO. The third-order valence-electron chi connectivity index (χ3n) is 2.51. The van der Waals surface area contributed by atoms with Crippen LogP contribution in [-0.2, 0) is 4.79 Å². The van der Waals surface area contributed by atoms with Crippen LogP contribution in [0.15, 0.2) is 36.4 Å². The predicted octanol–water partition coefficient (Wildman–Crippen LogP) is 2.83. The van der Waals surface area contributed by atoms with E-state index < -0.39 is 0 Å². The average Bonchev–Trinajstić information content (AvgIpc) is 2.19. The fourth-order valence-corrected chi connectivity index (χ4v) is 1.75. The summed E-state index contributed by atoms with van der Waals surface area (Å²) in [6.07, 6.45) is 4.93. The van der Waals surface area contributed by atoms with E-state index in [2.05, 4.69) is 0 Å². The second-order valence-corrected chi connectivity index (χ2v) is 3.56. The van der Waals surface area contributed by atoms with Crippen molar-refractivity contribution in [1.29, 1.82) is 0 Å². The molecule has 0 saturated heterocycles. The molecule has 0 radical (unpaired) electrons. The molecule has 14 heavy (non-hydrogen) atoms. The Hall–Kier alpha value is -1.44. The summed E-state index contributed by atoms with van der Waals surface area (Å²) in [6, 6.07) is 6.40. The molecule has 0 fully saturated rings. The van der Waals surface area contributed by atoms with Crippen LogP contribution in [0.4, 0.5) is 4.39 Å². The lowest BCUT2D eigenvalue weighted by Crippen LogP contribution is -2.08. The Morgan fingerprint density at radius 3 is 2.57 bits per heavy atom. The number of rotatable bonds is 1. The van der Waals surface area contributed by atoms with Crippen LogP contribution in [0.1, 0.15) is 24.3 Å². The standard InChI is InChI=1S/C12H11FO/c13-11-6-4-9(5-7-11)10-2-1-3-12(14)8-10/h1,3-7,10H,2,8H2/t10-/m1/s1. The van der Waals surface area contributed by atoms with Crippen molar-refractivity contribution in [2.75, 3.05) is 0 Å². The van der Waals surface area contributed by atoms with E-state index in [4.69, 9.17) is 0 Å². The number of carbonyl (C=O) groups excluding carboxylic acids is 1. The Balaban J connectivity index is 2.19. The van der Waals surface area contributed by atoms with Gasteiger partial charge < -0.3 is 0 Å². The molecule has 1 aromatic carbocycles. The van der Waals surface area contributed by atoms with Gasteiger partial charge in [0.1, 0.15) is 5.82 Å². The zero-order chi connectivity index (χ0) is 9.97. The number of benzene rings is 1. The normalized spacial score (nSPS) is 21.2. The fourth-order valence-electron chi connectivity index (χ4n) is 1.75. The van der Waals surface area contributed by atoms with Crippen LogP contribution in [0.5, 0.6) is 0 Å². The maximum absolute atomic E-state index is 12.6. The van der Waals surface area contributed by atoms with Crippen LogP contribution < -0.4 is 0 Å². The lowest BCUT2D eigenvalue weighted by Gasteiger charge is -2.16. The van der Waals surface area contributed by atoms with Crippen molar-refractivity contribution in [3.63, 3.8) is 0 Å². The highest BCUT2D eigenvalue weighted by atomic mass is 19.1. The summed E-state index contributed by atoms with van der Waals surface area (Å²) in [5, 5.41) is 0. The van der Waals surface area contributed by atoms with E-state index in [9.17, 15) is 9.18 Å². The second kappa shape index (κ2) is 3.74. The fraction of sp³-hybridized carbons (Fsp3) is 0.250. The van der Waals surface area contributed by atoms with Crippen molar-refractivity contribution in [2.24, 2.45) is 0 Å². The Kier molecular flexibility index (Phi) is 2.44. The van der Waals surface area contributed by atoms with Crippen molar-refractivity contribution in [2.45, 2.75) is 18.8 Å². The van der Waals surface area contributed by atoms with Crippen LogP contribution in [0, 0.1) is 5.82 Å². The van der Waals surface area contributed by atoms with Gasteiger partial charge in [0.25, 0.3) is 0 Å². The van der Waals surface area contributed by atoms with Crippen molar-refractivity contribution in [3.8, 4) is 0 Å². The molecule has 0 heterocycles. The van der Waals surface area contributed by atoms with Gasteiger partial charge in [0, 0.05) is 6.42 Å². The van der Waals surface area contributed by atoms with Gasteiger partial charge in [0.15, 0.2) is 5.78 Å². The summed E-state index contributed by atoms with van der Waals surface area (Å²) < 4.78 is 12.6. The van der Waals surface area contributed by atoms with E-state index in [0.717, 1.165) is 12.0 Å². The Bertz CT molecular complexity index is 364. The molecule has 1 aliphatic carbocycles. The summed E-state index contributed by atoms with van der Waals surface area (Å²) in [4.78, 5) is 11.2. The highest BCUT2D eigenvalue weighted by molar-refractivity contribution is 5.91. The van der Waals surface area contributed by atoms with Crippen LogP contribution >= 0.6 is 0 Å². The first-order chi connectivity index (χ1) is 6.75. The number of hydrogen-bond donors (Lipinski definition) is 0.